The molecule has 156 valence electrons. The van der Waals surface area contributed by atoms with Crippen molar-refractivity contribution >= 4 is 17.5 Å². The molecule has 1 aromatic heterocycles. The number of nitrogens with one attached hydrogen (secondary N) is 3. The first kappa shape index (κ1) is 20.9. The number of halogens is 1. The van der Waals surface area contributed by atoms with E-state index in [0.717, 1.165) is 18.8 Å². The molecule has 0 spiro atoms. The number of carbonyl (C=O) groups is 2. The number of furan rings is 1. The number of hydrogen-bond acceptors (Lipinski definition) is 4. The smallest absolute Gasteiger partial charge is 0.309 e. The van der Waals surface area contributed by atoms with Crippen molar-refractivity contribution in [3.8, 4) is 0 Å². The first-order chi connectivity index (χ1) is 14.0. The van der Waals surface area contributed by atoms with Crippen LogP contribution in [-0.4, -0.2) is 50.6 Å². The summed E-state index contributed by atoms with van der Waals surface area (Å²) in [4.78, 5) is 27.2. The van der Waals surface area contributed by atoms with Gasteiger partial charge in [-0.1, -0.05) is 12.1 Å². The van der Waals surface area contributed by atoms with Crippen LogP contribution in [0, 0.1) is 5.82 Å². The molecular formula is C21H28FN4O3+. The molecule has 0 aliphatic carbocycles. The summed E-state index contributed by atoms with van der Waals surface area (Å²) in [6.45, 7) is 6.78. The van der Waals surface area contributed by atoms with E-state index in [1.807, 2.05) is 23.1 Å². The zero-order chi connectivity index (χ0) is 20.8. The second-order valence-corrected chi connectivity index (χ2v) is 7.50. The predicted molar refractivity (Wildman–Crippen MR) is 107 cm³/mol. The monoisotopic (exact) mass is 403 g/mol. The van der Waals surface area contributed by atoms with E-state index in [1.54, 1.807) is 32.2 Å². The Kier molecular flexibility index (Phi) is 6.87. The minimum atomic E-state index is -0.653. The molecule has 0 unspecified atom stereocenters. The third-order valence-corrected chi connectivity index (χ3v) is 5.07. The number of nitrogens with zero attached hydrogens (tertiary/aromatic N) is 1. The average Bonchev–Trinajstić information content (AvgIpc) is 3.23. The Bertz CT molecular complexity index is 817. The second kappa shape index (κ2) is 9.56. The summed E-state index contributed by atoms with van der Waals surface area (Å²) in [5.41, 5.74) is 0.611. The summed E-state index contributed by atoms with van der Waals surface area (Å²) in [7, 11) is 0. The highest BCUT2D eigenvalue weighted by Crippen LogP contribution is 2.19. The van der Waals surface area contributed by atoms with E-state index in [-0.39, 0.29) is 24.4 Å². The van der Waals surface area contributed by atoms with Crippen LogP contribution in [0.2, 0.25) is 0 Å². The van der Waals surface area contributed by atoms with Crippen LogP contribution >= 0.6 is 0 Å². The van der Waals surface area contributed by atoms with E-state index in [9.17, 15) is 14.0 Å². The van der Waals surface area contributed by atoms with Gasteiger partial charge in [0, 0.05) is 6.04 Å². The number of quaternary nitrogens is 1. The van der Waals surface area contributed by atoms with Gasteiger partial charge < -0.3 is 24.9 Å². The van der Waals surface area contributed by atoms with Crippen molar-refractivity contribution < 1.29 is 23.3 Å². The molecule has 3 N–H and O–H groups in total. The fourth-order valence-electron chi connectivity index (χ4n) is 3.63. The molecule has 2 aromatic rings. The number of benzene rings is 1. The summed E-state index contributed by atoms with van der Waals surface area (Å²) >= 11 is 0. The summed E-state index contributed by atoms with van der Waals surface area (Å²) in [6.07, 6.45) is 1.60. The van der Waals surface area contributed by atoms with Gasteiger partial charge in [-0.05, 0) is 38.1 Å². The van der Waals surface area contributed by atoms with Gasteiger partial charge in [0.2, 0.25) is 0 Å². The molecule has 0 bridgehead atoms. The lowest BCUT2D eigenvalue weighted by Crippen LogP contribution is -3.15. The van der Waals surface area contributed by atoms with E-state index in [2.05, 4.69) is 10.6 Å². The molecule has 0 radical (unpaired) electrons. The highest BCUT2D eigenvalue weighted by atomic mass is 19.1. The van der Waals surface area contributed by atoms with Crippen LogP contribution in [0.5, 0.6) is 0 Å². The molecule has 0 saturated carbocycles. The fraction of sp³-hybridized carbons (Fsp3) is 0.429. The van der Waals surface area contributed by atoms with E-state index in [4.69, 9.17) is 4.42 Å². The van der Waals surface area contributed by atoms with Crippen LogP contribution in [0.15, 0.2) is 47.1 Å². The van der Waals surface area contributed by atoms with E-state index < -0.39 is 11.8 Å². The van der Waals surface area contributed by atoms with Gasteiger partial charge in [0.05, 0.1) is 44.7 Å². The largest absolute Gasteiger partial charge is 0.463 e. The van der Waals surface area contributed by atoms with Crippen LogP contribution < -0.4 is 20.4 Å². The Hall–Kier alpha value is -2.87. The van der Waals surface area contributed by atoms with Gasteiger partial charge in [-0.25, -0.2) is 4.39 Å². The third-order valence-electron chi connectivity index (χ3n) is 5.07. The van der Waals surface area contributed by atoms with E-state index in [0.29, 0.717) is 18.8 Å². The lowest BCUT2D eigenvalue weighted by atomic mass is 10.1. The normalized spacial score (nSPS) is 15.9. The lowest BCUT2D eigenvalue weighted by Gasteiger charge is -2.37. The molecule has 2 heterocycles. The van der Waals surface area contributed by atoms with Gasteiger partial charge in [0.1, 0.15) is 5.82 Å². The number of para-hydroxylation sites is 1. The first-order valence-corrected chi connectivity index (χ1v) is 9.92. The molecule has 8 heteroatoms. The fourth-order valence-corrected chi connectivity index (χ4v) is 3.63. The number of carbonyl (C=O) groups excluding carboxylic acids is 2. The van der Waals surface area contributed by atoms with Crippen molar-refractivity contribution in [2.45, 2.75) is 25.9 Å². The van der Waals surface area contributed by atoms with Crippen LogP contribution in [0.4, 0.5) is 10.1 Å². The SMILES string of the molecule is CC(C)NC(=O)C(=O)NC[C@@H](c1ccco1)[NH+]1CCN(c2ccccc2F)CC1. The summed E-state index contributed by atoms with van der Waals surface area (Å²) in [6, 6.07) is 10.2. The van der Waals surface area contributed by atoms with Gasteiger partial charge >= 0.3 is 11.8 Å². The Balaban J connectivity index is 1.62. The van der Waals surface area contributed by atoms with Crippen LogP contribution in [0.3, 0.4) is 0 Å². The van der Waals surface area contributed by atoms with Crippen molar-refractivity contribution in [3.05, 3.63) is 54.2 Å². The highest BCUT2D eigenvalue weighted by molar-refractivity contribution is 6.35. The molecule has 3 rings (SSSR count). The minimum absolute atomic E-state index is 0.105. The van der Waals surface area contributed by atoms with Gasteiger partial charge in [0.15, 0.2) is 11.8 Å². The number of anilines is 1. The van der Waals surface area contributed by atoms with Crippen molar-refractivity contribution in [1.82, 2.24) is 10.6 Å². The van der Waals surface area contributed by atoms with Crippen molar-refractivity contribution in [3.63, 3.8) is 0 Å². The minimum Gasteiger partial charge on any atom is -0.463 e. The summed E-state index contributed by atoms with van der Waals surface area (Å²) in [5.74, 6) is -0.761. The molecule has 1 saturated heterocycles. The Morgan fingerprint density at radius 2 is 1.86 bits per heavy atom. The number of amides is 2. The molecule has 1 aliphatic heterocycles. The lowest BCUT2D eigenvalue weighted by molar-refractivity contribution is -0.932. The number of rotatable bonds is 6. The van der Waals surface area contributed by atoms with Crippen LogP contribution in [0.1, 0.15) is 25.6 Å². The Morgan fingerprint density at radius 1 is 1.14 bits per heavy atom. The summed E-state index contributed by atoms with van der Waals surface area (Å²) in [5, 5.41) is 5.31. The van der Waals surface area contributed by atoms with E-state index >= 15 is 0 Å². The molecule has 29 heavy (non-hydrogen) atoms. The number of piperazine rings is 1. The standard InChI is InChI=1S/C21H27FN4O3/c1-15(2)24-21(28)20(27)23-14-18(19-8-5-13-29-19)26-11-9-25(10-12-26)17-7-4-3-6-16(17)22/h3-8,13,15,18H,9-12,14H2,1-2H3,(H,23,27)(H,24,28)/p+1/t18-/m0/s1. The van der Waals surface area contributed by atoms with Gasteiger partial charge in [-0.15, -0.1) is 0 Å². The topological polar surface area (TPSA) is 79.0 Å². The number of hydrogen-bond donors (Lipinski definition) is 3. The quantitative estimate of drug-likeness (QED) is 0.614. The maximum Gasteiger partial charge on any atom is 0.309 e. The van der Waals surface area contributed by atoms with Crippen LogP contribution in [0.25, 0.3) is 0 Å². The first-order valence-electron chi connectivity index (χ1n) is 9.92. The van der Waals surface area contributed by atoms with E-state index in [1.165, 1.54) is 11.0 Å². The van der Waals surface area contributed by atoms with Crippen molar-refractivity contribution in [1.29, 1.82) is 0 Å². The molecule has 2 amide bonds. The maximum atomic E-state index is 14.1. The molecule has 1 aliphatic rings. The maximum absolute atomic E-state index is 14.1. The molecule has 1 fully saturated rings. The third kappa shape index (κ3) is 5.35. The zero-order valence-electron chi connectivity index (χ0n) is 16.8. The van der Waals surface area contributed by atoms with Crippen LogP contribution in [-0.2, 0) is 9.59 Å². The zero-order valence-corrected chi connectivity index (χ0v) is 16.8. The highest BCUT2D eigenvalue weighted by Gasteiger charge is 2.32. The van der Waals surface area contributed by atoms with Gasteiger partial charge in [0.25, 0.3) is 0 Å². The van der Waals surface area contributed by atoms with Gasteiger partial charge in [-0.2, -0.15) is 0 Å². The van der Waals surface area contributed by atoms with Gasteiger partial charge in [-0.3, -0.25) is 9.59 Å². The Labute approximate surface area is 169 Å². The molecule has 7 nitrogen and oxygen atoms in total. The predicted octanol–water partition coefficient (Wildman–Crippen LogP) is 0.506. The summed E-state index contributed by atoms with van der Waals surface area (Å²) < 4.78 is 19.7. The molecule has 1 atom stereocenters. The Morgan fingerprint density at radius 3 is 2.48 bits per heavy atom. The molecule has 1 aromatic carbocycles. The second-order valence-electron chi connectivity index (χ2n) is 7.50. The van der Waals surface area contributed by atoms with Crippen molar-refractivity contribution in [2.75, 3.05) is 37.6 Å². The van der Waals surface area contributed by atoms with Crippen molar-refractivity contribution in [2.24, 2.45) is 0 Å². The average molecular weight is 403 g/mol. The molecular weight excluding hydrogens is 375 g/mol.